The van der Waals surface area contributed by atoms with Gasteiger partial charge in [-0.15, -0.1) is 11.3 Å². The van der Waals surface area contributed by atoms with Gasteiger partial charge in [0.05, 0.1) is 10.4 Å². The van der Waals surface area contributed by atoms with Crippen LogP contribution in [0.15, 0.2) is 60.0 Å². The van der Waals surface area contributed by atoms with Crippen molar-refractivity contribution in [2.45, 2.75) is 13.5 Å². The molecule has 28 heavy (non-hydrogen) atoms. The minimum Gasteiger partial charge on any atom is -0.454 e. The van der Waals surface area contributed by atoms with Crippen LogP contribution in [0.3, 0.4) is 0 Å². The van der Waals surface area contributed by atoms with E-state index in [-0.39, 0.29) is 18.5 Å². The predicted octanol–water partition coefficient (Wildman–Crippen LogP) is 4.37. The first-order valence-corrected chi connectivity index (χ1v) is 9.90. The number of hydrogen-bond donors (Lipinski definition) is 0. The van der Waals surface area contributed by atoms with Crippen molar-refractivity contribution in [2.24, 2.45) is 0 Å². The lowest BCUT2D eigenvalue weighted by Gasteiger charge is -2.22. The third-order valence-corrected chi connectivity index (χ3v) is 5.50. The summed E-state index contributed by atoms with van der Waals surface area (Å²) in [6.45, 7) is 3.09. The highest BCUT2D eigenvalue weighted by molar-refractivity contribution is 7.12. The number of benzene rings is 2. The van der Waals surface area contributed by atoms with Crippen LogP contribution in [0.25, 0.3) is 0 Å². The van der Waals surface area contributed by atoms with Crippen molar-refractivity contribution in [1.29, 1.82) is 0 Å². The van der Waals surface area contributed by atoms with Gasteiger partial charge in [-0.2, -0.15) is 0 Å². The summed E-state index contributed by atoms with van der Waals surface area (Å²) in [5.41, 5.74) is 1.80. The van der Waals surface area contributed by atoms with Crippen molar-refractivity contribution in [3.63, 3.8) is 0 Å². The standard InChI is InChI=1S/C22H19NO4S/c1-2-23(13-15-9-10-18-19(12-15)27-14-26-18)22(25)17-7-4-3-6-16(17)21(24)20-8-5-11-28-20/h3-12H,2,13-14H2,1H3. The molecule has 0 saturated carbocycles. The van der Waals surface area contributed by atoms with E-state index in [1.807, 2.05) is 36.6 Å². The van der Waals surface area contributed by atoms with E-state index in [0.717, 1.165) is 5.56 Å². The SMILES string of the molecule is CCN(Cc1ccc2c(c1)OCO2)C(=O)c1ccccc1C(=O)c1cccs1. The van der Waals surface area contributed by atoms with Crippen LogP contribution in [-0.2, 0) is 6.54 Å². The molecule has 1 aromatic heterocycles. The lowest BCUT2D eigenvalue weighted by molar-refractivity contribution is 0.0748. The number of ether oxygens (including phenoxy) is 2. The molecule has 6 heteroatoms. The van der Waals surface area contributed by atoms with Crippen molar-refractivity contribution < 1.29 is 19.1 Å². The Balaban J connectivity index is 1.60. The van der Waals surface area contributed by atoms with Crippen molar-refractivity contribution in [2.75, 3.05) is 13.3 Å². The number of carbonyl (C=O) groups excluding carboxylic acids is 2. The monoisotopic (exact) mass is 393 g/mol. The Morgan fingerprint density at radius 1 is 1.00 bits per heavy atom. The average Bonchev–Trinajstić information content (AvgIpc) is 3.42. The van der Waals surface area contributed by atoms with Gasteiger partial charge in [0.2, 0.25) is 12.6 Å². The smallest absolute Gasteiger partial charge is 0.254 e. The van der Waals surface area contributed by atoms with E-state index >= 15 is 0 Å². The van der Waals surface area contributed by atoms with E-state index in [1.165, 1.54) is 11.3 Å². The molecule has 0 unspecified atom stereocenters. The lowest BCUT2D eigenvalue weighted by Crippen LogP contribution is -2.31. The average molecular weight is 393 g/mol. The van der Waals surface area contributed by atoms with Gasteiger partial charge in [-0.25, -0.2) is 0 Å². The van der Waals surface area contributed by atoms with Crippen LogP contribution in [-0.4, -0.2) is 29.9 Å². The Morgan fingerprint density at radius 2 is 1.79 bits per heavy atom. The zero-order valence-corrected chi connectivity index (χ0v) is 16.2. The summed E-state index contributed by atoms with van der Waals surface area (Å²) in [6, 6.07) is 16.3. The normalized spacial score (nSPS) is 12.0. The van der Waals surface area contributed by atoms with E-state index in [2.05, 4.69) is 0 Å². The van der Waals surface area contributed by atoms with Crippen LogP contribution in [0.4, 0.5) is 0 Å². The second-order valence-corrected chi connectivity index (χ2v) is 7.31. The highest BCUT2D eigenvalue weighted by atomic mass is 32.1. The zero-order chi connectivity index (χ0) is 19.5. The first-order chi connectivity index (χ1) is 13.7. The number of rotatable bonds is 6. The van der Waals surface area contributed by atoms with Gasteiger partial charge in [0.1, 0.15) is 0 Å². The van der Waals surface area contributed by atoms with Crippen LogP contribution >= 0.6 is 11.3 Å². The van der Waals surface area contributed by atoms with E-state index in [4.69, 9.17) is 9.47 Å². The number of hydrogen-bond acceptors (Lipinski definition) is 5. The number of amides is 1. The molecule has 0 saturated heterocycles. The molecule has 5 nitrogen and oxygen atoms in total. The summed E-state index contributed by atoms with van der Waals surface area (Å²) in [4.78, 5) is 28.4. The molecule has 142 valence electrons. The molecule has 0 radical (unpaired) electrons. The van der Waals surface area contributed by atoms with Crippen LogP contribution in [0, 0.1) is 0 Å². The second-order valence-electron chi connectivity index (χ2n) is 6.36. The quantitative estimate of drug-likeness (QED) is 0.584. The van der Waals surface area contributed by atoms with Crippen LogP contribution in [0.2, 0.25) is 0 Å². The molecule has 0 spiro atoms. The molecule has 0 atom stereocenters. The molecule has 0 aliphatic carbocycles. The Labute approximate surface area is 167 Å². The van der Waals surface area contributed by atoms with Gasteiger partial charge in [-0.05, 0) is 42.1 Å². The summed E-state index contributed by atoms with van der Waals surface area (Å²) < 4.78 is 10.8. The molecule has 3 aromatic rings. The minimum atomic E-state index is -0.166. The molecular weight excluding hydrogens is 374 g/mol. The molecule has 0 bridgehead atoms. The predicted molar refractivity (Wildman–Crippen MR) is 107 cm³/mol. The van der Waals surface area contributed by atoms with Crippen molar-refractivity contribution in [3.8, 4) is 11.5 Å². The highest BCUT2D eigenvalue weighted by Gasteiger charge is 2.23. The molecule has 4 rings (SSSR count). The maximum atomic E-state index is 13.2. The molecule has 2 aromatic carbocycles. The van der Waals surface area contributed by atoms with Crippen molar-refractivity contribution in [3.05, 3.63) is 81.5 Å². The van der Waals surface area contributed by atoms with Gasteiger partial charge in [0.15, 0.2) is 11.5 Å². The minimum absolute atomic E-state index is 0.127. The summed E-state index contributed by atoms with van der Waals surface area (Å²) in [5, 5.41) is 1.86. The summed E-state index contributed by atoms with van der Waals surface area (Å²) in [5.74, 6) is 1.11. The van der Waals surface area contributed by atoms with Crippen LogP contribution < -0.4 is 9.47 Å². The molecule has 0 N–H and O–H groups in total. The Kier molecular flexibility index (Phi) is 5.12. The maximum Gasteiger partial charge on any atom is 0.254 e. The van der Waals surface area contributed by atoms with E-state index in [1.54, 1.807) is 35.2 Å². The first kappa shape index (κ1) is 18.3. The molecule has 0 fully saturated rings. The van der Waals surface area contributed by atoms with E-state index in [0.29, 0.717) is 40.6 Å². The first-order valence-electron chi connectivity index (χ1n) is 9.02. The van der Waals surface area contributed by atoms with E-state index < -0.39 is 0 Å². The van der Waals surface area contributed by atoms with Crippen molar-refractivity contribution >= 4 is 23.0 Å². The van der Waals surface area contributed by atoms with Gasteiger partial charge >= 0.3 is 0 Å². The number of thiophene rings is 1. The third-order valence-electron chi connectivity index (χ3n) is 4.63. The van der Waals surface area contributed by atoms with Gasteiger partial charge in [0, 0.05) is 18.7 Å². The number of nitrogens with zero attached hydrogens (tertiary/aromatic N) is 1. The van der Waals surface area contributed by atoms with Crippen LogP contribution in [0.5, 0.6) is 11.5 Å². The second kappa shape index (κ2) is 7.86. The fraction of sp³-hybridized carbons (Fsp3) is 0.182. The molecule has 1 amide bonds. The summed E-state index contributed by atoms with van der Waals surface area (Å²) in [7, 11) is 0. The third kappa shape index (κ3) is 3.51. The van der Waals surface area contributed by atoms with Gasteiger partial charge in [-0.3, -0.25) is 9.59 Å². The molecule has 2 heterocycles. The molecule has 1 aliphatic heterocycles. The van der Waals surface area contributed by atoms with Gasteiger partial charge < -0.3 is 14.4 Å². The maximum absolute atomic E-state index is 13.2. The molecular formula is C22H19NO4S. The van der Waals surface area contributed by atoms with Crippen molar-refractivity contribution in [1.82, 2.24) is 4.90 Å². The Hall–Kier alpha value is -3.12. The largest absolute Gasteiger partial charge is 0.454 e. The van der Waals surface area contributed by atoms with Gasteiger partial charge in [-0.1, -0.05) is 30.3 Å². The highest BCUT2D eigenvalue weighted by Crippen LogP contribution is 2.33. The topological polar surface area (TPSA) is 55.8 Å². The fourth-order valence-electron chi connectivity index (χ4n) is 3.17. The number of ketones is 1. The molecule has 1 aliphatic rings. The lowest BCUT2D eigenvalue weighted by atomic mass is 10.0. The van der Waals surface area contributed by atoms with E-state index in [9.17, 15) is 9.59 Å². The number of carbonyl (C=O) groups is 2. The van der Waals surface area contributed by atoms with Gasteiger partial charge in [0.25, 0.3) is 5.91 Å². The Bertz CT molecular complexity index is 1010. The summed E-state index contributed by atoms with van der Waals surface area (Å²) >= 11 is 1.37. The zero-order valence-electron chi connectivity index (χ0n) is 15.4. The van der Waals surface area contributed by atoms with Crippen LogP contribution in [0.1, 0.15) is 38.1 Å². The number of fused-ring (bicyclic) bond motifs is 1. The summed E-state index contributed by atoms with van der Waals surface area (Å²) in [6.07, 6.45) is 0. The fourth-order valence-corrected chi connectivity index (χ4v) is 3.84. The Morgan fingerprint density at radius 3 is 2.54 bits per heavy atom.